The van der Waals surface area contributed by atoms with Crippen molar-refractivity contribution in [2.75, 3.05) is 43.9 Å². The van der Waals surface area contributed by atoms with Crippen molar-refractivity contribution in [1.29, 1.82) is 0 Å². The van der Waals surface area contributed by atoms with Crippen LogP contribution in [0.4, 0.5) is 11.6 Å². The molecular formula is C38H49Br2N13. The highest BCUT2D eigenvalue weighted by molar-refractivity contribution is 9.11. The number of fused-ring (bicyclic) bond motifs is 2. The van der Waals surface area contributed by atoms with Crippen LogP contribution >= 0.6 is 31.9 Å². The molecule has 0 bridgehead atoms. The molecule has 6 aromatic rings. The van der Waals surface area contributed by atoms with Crippen LogP contribution in [0.1, 0.15) is 73.9 Å². The number of pyridine rings is 2. The van der Waals surface area contributed by atoms with Crippen molar-refractivity contribution in [3.63, 3.8) is 0 Å². The molecule has 0 amide bonds. The molecule has 2 aliphatic rings. The Labute approximate surface area is 327 Å². The lowest BCUT2D eigenvalue weighted by atomic mass is 9.92. The number of hydrogen-bond donors (Lipinski definition) is 4. The van der Waals surface area contributed by atoms with Crippen molar-refractivity contribution in [3.8, 4) is 0 Å². The Balaban J connectivity index is 0.000000174. The first-order valence-corrected chi connectivity index (χ1v) is 19.9. The minimum absolute atomic E-state index is 0.491. The van der Waals surface area contributed by atoms with Gasteiger partial charge in [-0.1, -0.05) is 12.1 Å². The molecule has 0 radical (unpaired) electrons. The van der Waals surface area contributed by atoms with Gasteiger partial charge in [-0.25, -0.2) is 9.97 Å². The fourth-order valence-electron chi connectivity index (χ4n) is 6.80. The third-order valence-corrected chi connectivity index (χ3v) is 10.8. The number of piperidine rings is 2. The Morgan fingerprint density at radius 3 is 1.64 bits per heavy atom. The SMILES string of the molecule is Brc1cnn2c(NCc3cccnc3)cc(C3CCNCC3)nc12.CC(C)N1CCC(c2cc(NCc3cccnc3)n3ncc(Br)c3n2)CC1.CN. The van der Waals surface area contributed by atoms with E-state index in [1.165, 1.54) is 7.05 Å². The maximum Gasteiger partial charge on any atom is 0.171 e. The van der Waals surface area contributed by atoms with Gasteiger partial charge < -0.3 is 26.6 Å². The lowest BCUT2D eigenvalue weighted by Gasteiger charge is -2.34. The summed E-state index contributed by atoms with van der Waals surface area (Å²) in [6, 6.07) is 13.0. The molecule has 53 heavy (non-hydrogen) atoms. The molecule has 2 aliphatic heterocycles. The molecule has 5 N–H and O–H groups in total. The number of aromatic nitrogens is 8. The summed E-state index contributed by atoms with van der Waals surface area (Å²) in [6.45, 7) is 10.3. The lowest BCUT2D eigenvalue weighted by molar-refractivity contribution is 0.171. The Morgan fingerprint density at radius 1 is 0.736 bits per heavy atom. The molecule has 8 heterocycles. The highest BCUT2D eigenvalue weighted by atomic mass is 79.9. The monoisotopic (exact) mass is 845 g/mol. The van der Waals surface area contributed by atoms with Crippen LogP contribution in [-0.2, 0) is 13.1 Å². The highest BCUT2D eigenvalue weighted by Gasteiger charge is 2.25. The molecule has 0 spiro atoms. The van der Waals surface area contributed by atoms with Crippen molar-refractivity contribution >= 4 is 54.8 Å². The first-order chi connectivity index (χ1) is 25.9. The van der Waals surface area contributed by atoms with E-state index in [9.17, 15) is 0 Å². The van der Waals surface area contributed by atoms with Crippen molar-refractivity contribution in [2.24, 2.45) is 5.73 Å². The van der Waals surface area contributed by atoms with Crippen LogP contribution in [0, 0.1) is 0 Å². The average molecular weight is 848 g/mol. The average Bonchev–Trinajstić information content (AvgIpc) is 3.79. The van der Waals surface area contributed by atoms with Crippen molar-refractivity contribution < 1.29 is 0 Å². The van der Waals surface area contributed by atoms with Crippen molar-refractivity contribution in [3.05, 3.63) is 105 Å². The van der Waals surface area contributed by atoms with Gasteiger partial charge in [-0.05, 0) is 128 Å². The van der Waals surface area contributed by atoms with Crippen LogP contribution < -0.4 is 21.7 Å². The zero-order valence-electron chi connectivity index (χ0n) is 30.6. The predicted octanol–water partition coefficient (Wildman–Crippen LogP) is 6.63. The quantitative estimate of drug-likeness (QED) is 0.124. The Morgan fingerprint density at radius 2 is 1.21 bits per heavy atom. The Kier molecular flexibility index (Phi) is 13.8. The molecule has 0 aromatic carbocycles. The molecule has 0 saturated carbocycles. The minimum atomic E-state index is 0.491. The van der Waals surface area contributed by atoms with Gasteiger partial charge in [-0.3, -0.25) is 9.97 Å². The van der Waals surface area contributed by atoms with E-state index in [2.05, 4.69) is 117 Å². The normalized spacial score (nSPS) is 15.5. The molecule has 8 rings (SSSR count). The molecule has 0 atom stereocenters. The third kappa shape index (κ3) is 9.75. The topological polar surface area (TPSA) is 152 Å². The second-order valence-corrected chi connectivity index (χ2v) is 15.2. The maximum atomic E-state index is 4.93. The molecule has 0 aliphatic carbocycles. The number of nitrogens with one attached hydrogen (secondary N) is 3. The molecule has 13 nitrogen and oxygen atoms in total. The number of halogens is 2. The van der Waals surface area contributed by atoms with E-state index in [-0.39, 0.29) is 0 Å². The summed E-state index contributed by atoms with van der Waals surface area (Å²) in [5, 5.41) is 19.3. The first-order valence-electron chi connectivity index (χ1n) is 18.3. The van der Waals surface area contributed by atoms with E-state index in [0.717, 1.165) is 106 Å². The maximum absolute atomic E-state index is 4.93. The first kappa shape index (κ1) is 38.7. The second-order valence-electron chi connectivity index (χ2n) is 13.4. The largest absolute Gasteiger partial charge is 0.366 e. The zero-order chi connectivity index (χ0) is 37.2. The summed E-state index contributed by atoms with van der Waals surface area (Å²) in [6.07, 6.45) is 15.5. The van der Waals surface area contributed by atoms with Crippen LogP contribution in [0.5, 0.6) is 0 Å². The number of anilines is 2. The van der Waals surface area contributed by atoms with E-state index < -0.39 is 0 Å². The van der Waals surface area contributed by atoms with Crippen LogP contribution in [0.3, 0.4) is 0 Å². The summed E-state index contributed by atoms with van der Waals surface area (Å²) in [4.78, 5) is 20.7. The number of nitrogens with two attached hydrogens (primary N) is 1. The number of nitrogens with zero attached hydrogens (tertiary/aromatic N) is 9. The Hall–Kier alpha value is -4.02. The van der Waals surface area contributed by atoms with Crippen LogP contribution in [0.2, 0.25) is 0 Å². The molecule has 280 valence electrons. The highest BCUT2D eigenvalue weighted by Crippen LogP contribution is 2.32. The van der Waals surface area contributed by atoms with Crippen molar-refractivity contribution in [1.82, 2.24) is 49.4 Å². The number of hydrogen-bond acceptors (Lipinski definition) is 11. The smallest absolute Gasteiger partial charge is 0.171 e. The number of rotatable bonds is 9. The van der Waals surface area contributed by atoms with Crippen LogP contribution in [-0.4, -0.2) is 83.3 Å². The van der Waals surface area contributed by atoms with E-state index in [0.29, 0.717) is 31.0 Å². The van der Waals surface area contributed by atoms with Gasteiger partial charge in [0, 0.05) is 79.3 Å². The third-order valence-electron chi connectivity index (χ3n) is 9.73. The van der Waals surface area contributed by atoms with Gasteiger partial charge in [0.25, 0.3) is 0 Å². The molecule has 6 aromatic heterocycles. The minimum Gasteiger partial charge on any atom is -0.366 e. The summed E-state index contributed by atoms with van der Waals surface area (Å²) >= 11 is 7.15. The van der Waals surface area contributed by atoms with E-state index in [1.54, 1.807) is 18.6 Å². The molecular weight excluding hydrogens is 798 g/mol. The van der Waals surface area contributed by atoms with Gasteiger partial charge in [0.2, 0.25) is 0 Å². The van der Waals surface area contributed by atoms with E-state index >= 15 is 0 Å². The molecule has 2 fully saturated rings. The van der Waals surface area contributed by atoms with Gasteiger partial charge in [-0.15, -0.1) is 0 Å². The molecule has 2 saturated heterocycles. The Bertz CT molecular complexity index is 2020. The van der Waals surface area contributed by atoms with E-state index in [4.69, 9.17) is 9.97 Å². The molecule has 0 unspecified atom stereocenters. The van der Waals surface area contributed by atoms with Gasteiger partial charge in [0.05, 0.1) is 21.3 Å². The zero-order valence-corrected chi connectivity index (χ0v) is 33.8. The van der Waals surface area contributed by atoms with Crippen LogP contribution in [0.25, 0.3) is 11.3 Å². The second kappa shape index (κ2) is 18.8. The standard InChI is InChI=1S/C20H25BrN6.C17H19BrN6.CH5N/c1-14(2)26-8-5-16(6-9-26)18-10-19(23-12-15-4-3-7-22-11-15)27-20(25-18)17(21)13-24-27;18-14-11-22-24-16(21-10-12-2-1-5-20-9-12)8-15(23-17(14)24)13-3-6-19-7-4-13;1-2/h3-4,7,10-11,13-14,16,23H,5-6,8-9,12H2,1-2H3;1-2,5,8-9,11,13,19,21H,3-4,6-7,10H2;2H2,1H3. The van der Waals surface area contributed by atoms with Gasteiger partial charge in [0.1, 0.15) is 11.6 Å². The van der Waals surface area contributed by atoms with E-state index in [1.807, 2.05) is 39.8 Å². The van der Waals surface area contributed by atoms with Gasteiger partial charge >= 0.3 is 0 Å². The summed E-state index contributed by atoms with van der Waals surface area (Å²) in [5.41, 5.74) is 10.8. The van der Waals surface area contributed by atoms with Gasteiger partial charge in [-0.2, -0.15) is 19.2 Å². The molecule has 15 heteroatoms. The fraction of sp³-hybridized carbons (Fsp3) is 0.421. The lowest BCUT2D eigenvalue weighted by Crippen LogP contribution is -2.38. The van der Waals surface area contributed by atoms with Gasteiger partial charge in [0.15, 0.2) is 11.3 Å². The number of likely N-dealkylation sites (tertiary alicyclic amines) is 1. The summed E-state index contributed by atoms with van der Waals surface area (Å²) < 4.78 is 5.56. The summed E-state index contributed by atoms with van der Waals surface area (Å²) in [7, 11) is 1.50. The van der Waals surface area contributed by atoms with Crippen molar-refractivity contribution in [2.45, 2.75) is 70.5 Å². The summed E-state index contributed by atoms with van der Waals surface area (Å²) in [5.74, 6) is 2.92. The predicted molar refractivity (Wildman–Crippen MR) is 218 cm³/mol. The van der Waals surface area contributed by atoms with Crippen LogP contribution in [0.15, 0.2) is 82.5 Å². The fourth-order valence-corrected chi connectivity index (χ4v) is 7.50.